The van der Waals surface area contributed by atoms with Gasteiger partial charge in [0.25, 0.3) is 0 Å². The Morgan fingerprint density at radius 1 is 1.11 bits per heavy atom. The molecule has 0 aliphatic carbocycles. The quantitative estimate of drug-likeness (QED) is 0.605. The third-order valence-corrected chi connectivity index (χ3v) is 2.43. The molecule has 0 saturated carbocycles. The summed E-state index contributed by atoms with van der Waals surface area (Å²) in [5.74, 6) is -1.00. The summed E-state index contributed by atoms with van der Waals surface area (Å²) in [7, 11) is 2.56. The van der Waals surface area contributed by atoms with Gasteiger partial charge in [-0.2, -0.15) is 0 Å². The number of ether oxygens (including phenoxy) is 2. The van der Waals surface area contributed by atoms with Gasteiger partial charge in [0, 0.05) is 5.57 Å². The van der Waals surface area contributed by atoms with Crippen molar-refractivity contribution in [3.05, 3.63) is 41.0 Å². The minimum atomic E-state index is -0.527. The van der Waals surface area contributed by atoms with E-state index in [4.69, 9.17) is 0 Å². The van der Waals surface area contributed by atoms with Crippen molar-refractivity contribution >= 4 is 18.0 Å². The molecule has 0 aliphatic heterocycles. The maximum Gasteiger partial charge on any atom is 0.334 e. The summed E-state index contributed by atoms with van der Waals surface area (Å²) in [5, 5.41) is 0. The van der Waals surface area contributed by atoms with Crippen LogP contribution < -0.4 is 0 Å². The molecule has 0 amide bonds. The second-order valence-corrected chi connectivity index (χ2v) is 3.82. The second kappa shape index (κ2) is 6.59. The highest BCUT2D eigenvalue weighted by atomic mass is 16.5. The van der Waals surface area contributed by atoms with Crippen molar-refractivity contribution in [2.75, 3.05) is 14.2 Å². The molecule has 18 heavy (non-hydrogen) atoms. The molecule has 0 N–H and O–H groups in total. The number of methoxy groups -OCH3 is 2. The Balaban J connectivity index is 2.98. The van der Waals surface area contributed by atoms with Gasteiger partial charge in [0.15, 0.2) is 0 Å². The predicted octanol–water partition coefficient (Wildman–Crippen LogP) is 2.11. The molecule has 0 spiro atoms. The van der Waals surface area contributed by atoms with Crippen LogP contribution in [0.5, 0.6) is 0 Å². The number of rotatable bonds is 4. The summed E-state index contributed by atoms with van der Waals surface area (Å²) < 4.78 is 9.18. The molecular weight excluding hydrogens is 232 g/mol. The summed E-state index contributed by atoms with van der Waals surface area (Å²) in [6.07, 6.45) is 1.53. The number of esters is 2. The fraction of sp³-hybridized carbons (Fsp3) is 0.286. The smallest absolute Gasteiger partial charge is 0.334 e. The Kier molecular flexibility index (Phi) is 5.11. The largest absolute Gasteiger partial charge is 0.469 e. The van der Waals surface area contributed by atoms with Crippen LogP contribution >= 0.6 is 0 Å². The molecule has 0 unspecified atom stereocenters. The third-order valence-electron chi connectivity index (χ3n) is 2.43. The lowest BCUT2D eigenvalue weighted by molar-refractivity contribution is -0.143. The molecule has 1 aromatic rings. The van der Waals surface area contributed by atoms with E-state index in [1.807, 2.05) is 31.2 Å². The van der Waals surface area contributed by atoms with Crippen LogP contribution in [0.15, 0.2) is 29.8 Å². The number of hydrogen-bond donors (Lipinski definition) is 0. The van der Waals surface area contributed by atoms with Crippen molar-refractivity contribution in [1.82, 2.24) is 0 Å². The van der Waals surface area contributed by atoms with E-state index in [1.54, 1.807) is 6.08 Å². The van der Waals surface area contributed by atoms with E-state index in [-0.39, 0.29) is 12.0 Å². The van der Waals surface area contributed by atoms with E-state index in [2.05, 4.69) is 9.47 Å². The molecule has 0 atom stereocenters. The van der Waals surface area contributed by atoms with Crippen molar-refractivity contribution in [2.24, 2.45) is 0 Å². The lowest BCUT2D eigenvalue weighted by Gasteiger charge is -2.04. The maximum atomic E-state index is 11.5. The maximum absolute atomic E-state index is 11.5. The van der Waals surface area contributed by atoms with Crippen LogP contribution in [0, 0.1) is 6.92 Å². The SMILES string of the molecule is COC(=O)C/C(=C/c1ccc(C)cc1)C(=O)OC. The summed E-state index contributed by atoms with van der Waals surface area (Å²) in [4.78, 5) is 22.8. The Morgan fingerprint density at radius 3 is 2.22 bits per heavy atom. The van der Waals surface area contributed by atoms with Gasteiger partial charge in [0.05, 0.1) is 20.6 Å². The van der Waals surface area contributed by atoms with Gasteiger partial charge in [0.2, 0.25) is 0 Å². The van der Waals surface area contributed by atoms with Gasteiger partial charge in [-0.25, -0.2) is 4.79 Å². The van der Waals surface area contributed by atoms with Crippen molar-refractivity contribution in [3.63, 3.8) is 0 Å². The van der Waals surface area contributed by atoms with Gasteiger partial charge < -0.3 is 9.47 Å². The molecule has 0 radical (unpaired) electrons. The first kappa shape index (κ1) is 14.0. The van der Waals surface area contributed by atoms with Crippen LogP contribution in [0.2, 0.25) is 0 Å². The van der Waals surface area contributed by atoms with E-state index in [0.717, 1.165) is 11.1 Å². The lowest BCUT2D eigenvalue weighted by Crippen LogP contribution is -2.10. The highest BCUT2D eigenvalue weighted by Crippen LogP contribution is 2.13. The van der Waals surface area contributed by atoms with Gasteiger partial charge in [0.1, 0.15) is 0 Å². The molecule has 0 fully saturated rings. The van der Waals surface area contributed by atoms with Gasteiger partial charge >= 0.3 is 11.9 Å². The van der Waals surface area contributed by atoms with E-state index in [9.17, 15) is 9.59 Å². The number of carbonyl (C=O) groups is 2. The molecule has 0 heterocycles. The van der Waals surface area contributed by atoms with Crippen molar-refractivity contribution in [3.8, 4) is 0 Å². The van der Waals surface area contributed by atoms with Gasteiger partial charge in [-0.15, -0.1) is 0 Å². The predicted molar refractivity (Wildman–Crippen MR) is 67.8 cm³/mol. The summed E-state index contributed by atoms with van der Waals surface area (Å²) >= 11 is 0. The molecule has 4 heteroatoms. The minimum absolute atomic E-state index is 0.100. The van der Waals surface area contributed by atoms with E-state index in [0.29, 0.717) is 0 Å². The zero-order valence-corrected chi connectivity index (χ0v) is 10.7. The Bertz CT molecular complexity index is 457. The van der Waals surface area contributed by atoms with Crippen LogP contribution in [-0.4, -0.2) is 26.2 Å². The topological polar surface area (TPSA) is 52.6 Å². The number of hydrogen-bond acceptors (Lipinski definition) is 4. The number of benzene rings is 1. The van der Waals surface area contributed by atoms with Gasteiger partial charge in [-0.3, -0.25) is 4.79 Å². The normalized spacial score (nSPS) is 10.9. The average Bonchev–Trinajstić information content (AvgIpc) is 2.39. The van der Waals surface area contributed by atoms with Crippen LogP contribution in [0.4, 0.5) is 0 Å². The fourth-order valence-corrected chi connectivity index (χ4v) is 1.40. The standard InChI is InChI=1S/C14H16O4/c1-10-4-6-11(7-5-10)8-12(14(16)18-3)9-13(15)17-2/h4-8H,9H2,1-3H3/b12-8-. The first-order valence-electron chi connectivity index (χ1n) is 5.49. The highest BCUT2D eigenvalue weighted by Gasteiger charge is 2.14. The molecule has 0 saturated heterocycles. The molecule has 96 valence electrons. The summed E-state index contributed by atoms with van der Waals surface area (Å²) in [6, 6.07) is 7.60. The highest BCUT2D eigenvalue weighted by molar-refractivity contribution is 5.98. The minimum Gasteiger partial charge on any atom is -0.469 e. The van der Waals surface area contributed by atoms with Crippen LogP contribution in [0.1, 0.15) is 17.5 Å². The van der Waals surface area contributed by atoms with E-state index >= 15 is 0 Å². The zero-order chi connectivity index (χ0) is 13.5. The Labute approximate surface area is 106 Å². The van der Waals surface area contributed by atoms with Crippen LogP contribution in [0.3, 0.4) is 0 Å². The molecule has 1 rings (SSSR count). The molecule has 0 aromatic heterocycles. The molecule has 0 bridgehead atoms. The average molecular weight is 248 g/mol. The van der Waals surface area contributed by atoms with Crippen LogP contribution in [0.25, 0.3) is 6.08 Å². The van der Waals surface area contributed by atoms with Crippen LogP contribution in [-0.2, 0) is 19.1 Å². The number of aryl methyl sites for hydroxylation is 1. The second-order valence-electron chi connectivity index (χ2n) is 3.82. The molecule has 0 aliphatic rings. The van der Waals surface area contributed by atoms with Crippen molar-refractivity contribution < 1.29 is 19.1 Å². The Hall–Kier alpha value is -2.10. The number of carbonyl (C=O) groups excluding carboxylic acids is 2. The van der Waals surface area contributed by atoms with E-state index in [1.165, 1.54) is 14.2 Å². The lowest BCUT2D eigenvalue weighted by atomic mass is 10.1. The molecule has 1 aromatic carbocycles. The fourth-order valence-electron chi connectivity index (χ4n) is 1.40. The first-order chi connectivity index (χ1) is 8.56. The summed E-state index contributed by atoms with van der Waals surface area (Å²) in [5.41, 5.74) is 2.23. The van der Waals surface area contributed by atoms with Gasteiger partial charge in [-0.05, 0) is 18.6 Å². The Morgan fingerprint density at radius 2 is 1.72 bits per heavy atom. The molecular formula is C14H16O4. The van der Waals surface area contributed by atoms with E-state index < -0.39 is 11.9 Å². The third kappa shape index (κ3) is 4.05. The van der Waals surface area contributed by atoms with Crippen molar-refractivity contribution in [2.45, 2.75) is 13.3 Å². The molecule has 4 nitrogen and oxygen atoms in total. The monoisotopic (exact) mass is 248 g/mol. The van der Waals surface area contributed by atoms with Crippen molar-refractivity contribution in [1.29, 1.82) is 0 Å². The zero-order valence-electron chi connectivity index (χ0n) is 10.7. The summed E-state index contributed by atoms with van der Waals surface area (Å²) in [6.45, 7) is 1.98. The van der Waals surface area contributed by atoms with Gasteiger partial charge in [-0.1, -0.05) is 29.8 Å². The first-order valence-corrected chi connectivity index (χ1v) is 5.49.